The van der Waals surface area contributed by atoms with Crippen LogP contribution in [-0.2, 0) is 0 Å². The van der Waals surface area contributed by atoms with Gasteiger partial charge in [0.2, 0.25) is 0 Å². The van der Waals surface area contributed by atoms with Gasteiger partial charge in [0, 0.05) is 6.04 Å². The molecule has 1 atom stereocenters. The van der Waals surface area contributed by atoms with Crippen molar-refractivity contribution in [2.75, 3.05) is 0 Å². The summed E-state index contributed by atoms with van der Waals surface area (Å²) in [6, 6.07) is 3.78. The summed E-state index contributed by atoms with van der Waals surface area (Å²) in [7, 11) is 0. The van der Waals surface area contributed by atoms with E-state index in [-0.39, 0.29) is 6.04 Å². The molecule has 76 valence electrons. The molecule has 0 aliphatic heterocycles. The summed E-state index contributed by atoms with van der Waals surface area (Å²) in [4.78, 5) is 0. The summed E-state index contributed by atoms with van der Waals surface area (Å²) in [6.07, 6.45) is 3.39. The lowest BCUT2D eigenvalue weighted by molar-refractivity contribution is 0.264. The molecule has 1 nitrogen and oxygen atoms in total. The highest BCUT2D eigenvalue weighted by Crippen LogP contribution is 2.36. The van der Waals surface area contributed by atoms with Crippen molar-refractivity contribution in [2.24, 2.45) is 11.7 Å². The fraction of sp³-hybridized carbons (Fsp3) is 0.455. The van der Waals surface area contributed by atoms with Crippen molar-refractivity contribution in [3.63, 3.8) is 0 Å². The normalized spacial score (nSPS) is 19.1. The van der Waals surface area contributed by atoms with E-state index < -0.39 is 11.6 Å². The van der Waals surface area contributed by atoms with Crippen molar-refractivity contribution in [2.45, 2.75) is 25.3 Å². The van der Waals surface area contributed by atoms with Gasteiger partial charge in [-0.2, -0.15) is 0 Å². The quantitative estimate of drug-likeness (QED) is 0.775. The number of halogens is 2. The Morgan fingerprint density at radius 3 is 2.43 bits per heavy atom. The molecule has 0 bridgehead atoms. The molecule has 3 heteroatoms. The van der Waals surface area contributed by atoms with Gasteiger partial charge in [-0.15, -0.1) is 0 Å². The molecule has 1 saturated carbocycles. The van der Waals surface area contributed by atoms with Crippen molar-refractivity contribution in [1.82, 2.24) is 0 Å². The molecule has 1 aliphatic carbocycles. The van der Waals surface area contributed by atoms with E-state index in [0.717, 1.165) is 18.9 Å². The minimum atomic E-state index is -0.811. The molecular weight excluding hydrogens is 184 g/mol. The standard InChI is InChI=1S/C11H13F2N/c12-9-5-4-8(6-10(9)13)11(14)7-2-1-3-7/h4-7,11H,1-3,14H2/t11-/m1/s1. The lowest BCUT2D eigenvalue weighted by Gasteiger charge is -2.31. The van der Waals surface area contributed by atoms with Gasteiger partial charge in [0.15, 0.2) is 11.6 Å². The van der Waals surface area contributed by atoms with E-state index in [9.17, 15) is 8.78 Å². The first-order valence-corrected chi connectivity index (χ1v) is 4.89. The average molecular weight is 197 g/mol. The van der Waals surface area contributed by atoms with Crippen molar-refractivity contribution >= 4 is 0 Å². The zero-order chi connectivity index (χ0) is 10.1. The predicted molar refractivity (Wildman–Crippen MR) is 50.6 cm³/mol. The molecule has 0 heterocycles. The predicted octanol–water partition coefficient (Wildman–Crippen LogP) is 2.76. The van der Waals surface area contributed by atoms with Crippen molar-refractivity contribution in [3.8, 4) is 0 Å². The Morgan fingerprint density at radius 1 is 1.21 bits per heavy atom. The minimum Gasteiger partial charge on any atom is -0.324 e. The Morgan fingerprint density at radius 2 is 1.93 bits per heavy atom. The van der Waals surface area contributed by atoms with E-state index in [4.69, 9.17) is 5.73 Å². The molecule has 0 unspecified atom stereocenters. The van der Waals surface area contributed by atoms with E-state index in [2.05, 4.69) is 0 Å². The average Bonchev–Trinajstić information content (AvgIpc) is 2.06. The van der Waals surface area contributed by atoms with Crippen molar-refractivity contribution in [3.05, 3.63) is 35.4 Å². The Bertz CT molecular complexity index is 334. The van der Waals surface area contributed by atoms with Crippen LogP contribution in [0.25, 0.3) is 0 Å². The van der Waals surface area contributed by atoms with Crippen LogP contribution in [0.15, 0.2) is 18.2 Å². The number of hydrogen-bond donors (Lipinski definition) is 1. The first-order chi connectivity index (χ1) is 6.68. The largest absolute Gasteiger partial charge is 0.324 e. The van der Waals surface area contributed by atoms with Crippen LogP contribution in [-0.4, -0.2) is 0 Å². The molecule has 2 rings (SSSR count). The highest BCUT2D eigenvalue weighted by molar-refractivity contribution is 5.22. The molecular formula is C11H13F2N. The molecule has 0 saturated heterocycles. The maximum atomic E-state index is 12.9. The van der Waals surface area contributed by atoms with Crippen LogP contribution in [0.5, 0.6) is 0 Å². The molecule has 0 amide bonds. The maximum Gasteiger partial charge on any atom is 0.159 e. The third-order valence-corrected chi connectivity index (χ3v) is 2.99. The van der Waals surface area contributed by atoms with E-state index in [1.807, 2.05) is 0 Å². The molecule has 1 fully saturated rings. The fourth-order valence-electron chi connectivity index (χ4n) is 1.79. The second-order valence-corrected chi connectivity index (χ2v) is 3.89. The highest BCUT2D eigenvalue weighted by atomic mass is 19.2. The second-order valence-electron chi connectivity index (χ2n) is 3.89. The van der Waals surface area contributed by atoms with Crippen LogP contribution in [0.1, 0.15) is 30.9 Å². The van der Waals surface area contributed by atoms with Crippen LogP contribution in [0, 0.1) is 17.6 Å². The monoisotopic (exact) mass is 197 g/mol. The van der Waals surface area contributed by atoms with Gasteiger partial charge in [-0.05, 0) is 36.5 Å². The third kappa shape index (κ3) is 1.64. The molecule has 1 aromatic carbocycles. The topological polar surface area (TPSA) is 26.0 Å². The van der Waals surface area contributed by atoms with Gasteiger partial charge in [-0.1, -0.05) is 12.5 Å². The van der Waals surface area contributed by atoms with E-state index in [1.54, 1.807) is 6.07 Å². The Hall–Kier alpha value is -0.960. The van der Waals surface area contributed by atoms with Crippen LogP contribution in [0.3, 0.4) is 0 Å². The van der Waals surface area contributed by atoms with Crippen LogP contribution >= 0.6 is 0 Å². The molecule has 0 aromatic heterocycles. The lowest BCUT2D eigenvalue weighted by atomic mass is 9.77. The number of benzene rings is 1. The van der Waals surface area contributed by atoms with Gasteiger partial charge in [0.25, 0.3) is 0 Å². The fourth-order valence-corrected chi connectivity index (χ4v) is 1.79. The van der Waals surface area contributed by atoms with Gasteiger partial charge >= 0.3 is 0 Å². The van der Waals surface area contributed by atoms with Crippen LogP contribution in [0.4, 0.5) is 8.78 Å². The summed E-state index contributed by atoms with van der Waals surface area (Å²) in [5.41, 5.74) is 6.63. The summed E-state index contributed by atoms with van der Waals surface area (Å²) < 4.78 is 25.5. The Kier molecular flexibility index (Phi) is 2.50. The van der Waals surface area contributed by atoms with E-state index in [0.29, 0.717) is 11.5 Å². The summed E-state index contributed by atoms with van der Waals surface area (Å²) in [5.74, 6) is -1.17. The smallest absolute Gasteiger partial charge is 0.159 e. The first kappa shape index (κ1) is 9.59. The highest BCUT2D eigenvalue weighted by Gasteiger charge is 2.25. The molecule has 14 heavy (non-hydrogen) atoms. The van der Waals surface area contributed by atoms with Gasteiger partial charge in [-0.3, -0.25) is 0 Å². The zero-order valence-corrected chi connectivity index (χ0v) is 7.84. The number of rotatable bonds is 2. The zero-order valence-electron chi connectivity index (χ0n) is 7.84. The van der Waals surface area contributed by atoms with Gasteiger partial charge in [0.1, 0.15) is 0 Å². The maximum absolute atomic E-state index is 12.9. The van der Waals surface area contributed by atoms with Crippen molar-refractivity contribution < 1.29 is 8.78 Å². The lowest BCUT2D eigenvalue weighted by Crippen LogP contribution is -2.26. The Balaban J connectivity index is 2.18. The molecule has 1 aliphatic rings. The Labute approximate surface area is 81.9 Å². The summed E-state index contributed by atoms with van der Waals surface area (Å²) in [6.45, 7) is 0. The third-order valence-electron chi connectivity index (χ3n) is 2.99. The second kappa shape index (κ2) is 3.65. The summed E-state index contributed by atoms with van der Waals surface area (Å²) in [5, 5.41) is 0. The van der Waals surface area contributed by atoms with Crippen LogP contribution < -0.4 is 5.73 Å². The van der Waals surface area contributed by atoms with E-state index >= 15 is 0 Å². The van der Waals surface area contributed by atoms with E-state index in [1.165, 1.54) is 12.5 Å². The van der Waals surface area contributed by atoms with Gasteiger partial charge in [0.05, 0.1) is 0 Å². The first-order valence-electron chi connectivity index (χ1n) is 4.89. The van der Waals surface area contributed by atoms with Crippen molar-refractivity contribution in [1.29, 1.82) is 0 Å². The summed E-state index contributed by atoms with van der Waals surface area (Å²) >= 11 is 0. The number of hydrogen-bond acceptors (Lipinski definition) is 1. The van der Waals surface area contributed by atoms with Gasteiger partial charge in [-0.25, -0.2) is 8.78 Å². The number of nitrogens with two attached hydrogens (primary N) is 1. The SMILES string of the molecule is N[C@@H](c1ccc(F)c(F)c1)C1CCC1. The minimum absolute atomic E-state index is 0.140. The van der Waals surface area contributed by atoms with Gasteiger partial charge < -0.3 is 5.73 Å². The molecule has 1 aromatic rings. The molecule has 2 N–H and O–H groups in total. The molecule has 0 spiro atoms. The van der Waals surface area contributed by atoms with Crippen LogP contribution in [0.2, 0.25) is 0 Å². The molecule has 0 radical (unpaired) electrons.